The Kier molecular flexibility index (Phi) is 6.01. The number of nitrogens with zero attached hydrogens (tertiary/aromatic N) is 1. The Bertz CT molecular complexity index is 893. The fraction of sp³-hybridized carbons (Fsp3) is 0.519. The van der Waals surface area contributed by atoms with Crippen molar-refractivity contribution in [1.82, 2.24) is 4.90 Å². The maximum atomic E-state index is 13.0. The molecule has 0 spiro atoms. The van der Waals surface area contributed by atoms with Gasteiger partial charge in [0.05, 0.1) is 12.6 Å². The first-order valence-corrected chi connectivity index (χ1v) is 13.7. The molecule has 2 fully saturated rings. The first-order chi connectivity index (χ1) is 15.0. The largest absolute Gasteiger partial charge is 0.444 e. The highest BCUT2D eigenvalue weighted by molar-refractivity contribution is 6.99. The molecule has 32 heavy (non-hydrogen) atoms. The standard InChI is InChI=1S/C27H37NO3Si/c1-26(2,3)31-25(29)28-21(17-20-18-24(20)28)19-30-32(27(4,5)6,22-13-9-7-10-14-22)23-15-11-8-12-16-23/h7-16,20-21,24H,17-19H2,1-6H3/t20-,21-,24+/m0/s1. The first-order valence-electron chi connectivity index (χ1n) is 11.8. The van der Waals surface area contributed by atoms with Crippen molar-refractivity contribution in [2.24, 2.45) is 5.92 Å². The van der Waals surface area contributed by atoms with Gasteiger partial charge in [-0.3, -0.25) is 4.90 Å². The van der Waals surface area contributed by atoms with Crippen molar-refractivity contribution < 1.29 is 14.0 Å². The molecule has 0 aromatic heterocycles. The van der Waals surface area contributed by atoms with Crippen molar-refractivity contribution in [3.63, 3.8) is 0 Å². The summed E-state index contributed by atoms with van der Waals surface area (Å²) in [6, 6.07) is 21.8. The lowest BCUT2D eigenvalue weighted by Crippen LogP contribution is -2.67. The molecule has 0 bridgehead atoms. The minimum atomic E-state index is -2.61. The summed E-state index contributed by atoms with van der Waals surface area (Å²) >= 11 is 0. The first kappa shape index (κ1) is 23.1. The van der Waals surface area contributed by atoms with E-state index in [1.165, 1.54) is 10.4 Å². The van der Waals surface area contributed by atoms with Crippen LogP contribution in [0.5, 0.6) is 0 Å². The van der Waals surface area contributed by atoms with E-state index >= 15 is 0 Å². The second-order valence-electron chi connectivity index (χ2n) is 11.3. The molecule has 3 atom stereocenters. The summed E-state index contributed by atoms with van der Waals surface area (Å²) in [5.74, 6) is 0.593. The minimum absolute atomic E-state index is 0.0650. The number of carbonyl (C=O) groups is 1. The lowest BCUT2D eigenvalue weighted by Gasteiger charge is -2.44. The molecule has 2 aromatic carbocycles. The monoisotopic (exact) mass is 451 g/mol. The number of amides is 1. The van der Waals surface area contributed by atoms with E-state index in [1.54, 1.807) is 0 Å². The molecule has 5 heteroatoms. The van der Waals surface area contributed by atoms with E-state index in [4.69, 9.17) is 9.16 Å². The third-order valence-corrected chi connectivity index (χ3v) is 11.7. The van der Waals surface area contributed by atoms with Crippen LogP contribution in [0.25, 0.3) is 0 Å². The second kappa shape index (κ2) is 8.34. The molecule has 0 unspecified atom stereocenters. The van der Waals surface area contributed by atoms with Crippen LogP contribution in [-0.4, -0.2) is 43.6 Å². The summed E-state index contributed by atoms with van der Waals surface area (Å²) in [4.78, 5) is 15.0. The maximum Gasteiger partial charge on any atom is 0.410 e. The highest BCUT2D eigenvalue weighted by Crippen LogP contribution is 2.49. The molecule has 2 aliphatic rings. The van der Waals surface area contributed by atoms with Gasteiger partial charge in [0, 0.05) is 6.04 Å². The van der Waals surface area contributed by atoms with E-state index in [-0.39, 0.29) is 17.2 Å². The summed E-state index contributed by atoms with van der Waals surface area (Å²) in [6.07, 6.45) is 1.90. The summed E-state index contributed by atoms with van der Waals surface area (Å²) in [5.41, 5.74) is -0.493. The zero-order valence-corrected chi connectivity index (χ0v) is 21.3. The van der Waals surface area contributed by atoms with Crippen LogP contribution in [0.1, 0.15) is 54.4 Å². The number of hydrogen-bond acceptors (Lipinski definition) is 3. The normalized spacial score (nSPS) is 23.1. The average Bonchev–Trinajstić information content (AvgIpc) is 3.37. The Morgan fingerprint density at radius 1 is 0.906 bits per heavy atom. The lowest BCUT2D eigenvalue weighted by atomic mass is 10.2. The van der Waals surface area contributed by atoms with Crippen molar-refractivity contribution in [3.05, 3.63) is 60.7 Å². The number of hydrogen-bond donors (Lipinski definition) is 0. The molecule has 4 nitrogen and oxygen atoms in total. The van der Waals surface area contributed by atoms with Gasteiger partial charge in [-0.1, -0.05) is 81.4 Å². The number of likely N-dealkylation sites (tertiary alicyclic amines) is 1. The van der Waals surface area contributed by atoms with E-state index in [0.717, 1.165) is 12.8 Å². The van der Waals surface area contributed by atoms with E-state index in [1.807, 2.05) is 25.7 Å². The summed E-state index contributed by atoms with van der Waals surface area (Å²) in [6.45, 7) is 13.2. The van der Waals surface area contributed by atoms with Crippen LogP contribution in [0.3, 0.4) is 0 Å². The van der Waals surface area contributed by atoms with Crippen LogP contribution < -0.4 is 10.4 Å². The van der Waals surface area contributed by atoms with Crippen LogP contribution in [0.15, 0.2) is 60.7 Å². The van der Waals surface area contributed by atoms with Crippen LogP contribution in [-0.2, 0) is 9.16 Å². The van der Waals surface area contributed by atoms with Gasteiger partial charge in [0.1, 0.15) is 5.60 Å². The van der Waals surface area contributed by atoms with E-state index in [2.05, 4.69) is 81.4 Å². The van der Waals surface area contributed by atoms with Crippen molar-refractivity contribution in [2.75, 3.05) is 6.61 Å². The maximum absolute atomic E-state index is 13.0. The Morgan fingerprint density at radius 3 is 1.91 bits per heavy atom. The summed E-state index contributed by atoms with van der Waals surface area (Å²) in [5, 5.41) is 2.46. The molecule has 1 amide bonds. The van der Waals surface area contributed by atoms with Crippen molar-refractivity contribution in [1.29, 1.82) is 0 Å². The quantitative estimate of drug-likeness (QED) is 0.603. The van der Waals surface area contributed by atoms with Crippen LogP contribution in [0.4, 0.5) is 4.79 Å². The lowest BCUT2D eigenvalue weighted by molar-refractivity contribution is 0.0135. The minimum Gasteiger partial charge on any atom is -0.444 e. The van der Waals surface area contributed by atoms with Gasteiger partial charge in [-0.25, -0.2) is 4.79 Å². The molecule has 2 aromatic rings. The molecule has 1 saturated heterocycles. The second-order valence-corrected chi connectivity index (χ2v) is 15.6. The zero-order chi connectivity index (χ0) is 23.1. The topological polar surface area (TPSA) is 38.8 Å². The Balaban J connectivity index is 1.66. The van der Waals surface area contributed by atoms with Crippen molar-refractivity contribution in [2.45, 2.75) is 77.1 Å². The SMILES string of the molecule is CC(C)(C)OC(=O)N1[C@H](CO[Si](c2ccccc2)(c2ccccc2)C(C)(C)C)C[C@H]2C[C@H]21. The number of piperidine rings is 1. The predicted octanol–water partition coefficient (Wildman–Crippen LogP) is 4.96. The van der Waals surface area contributed by atoms with Gasteiger partial charge in [0.15, 0.2) is 0 Å². The Morgan fingerprint density at radius 2 is 1.44 bits per heavy atom. The molecule has 1 aliphatic heterocycles. The van der Waals surface area contributed by atoms with E-state index < -0.39 is 13.9 Å². The average molecular weight is 452 g/mol. The van der Waals surface area contributed by atoms with E-state index in [9.17, 15) is 4.79 Å². The highest BCUT2D eigenvalue weighted by atomic mass is 28.4. The van der Waals surface area contributed by atoms with Crippen molar-refractivity contribution >= 4 is 24.8 Å². The smallest absolute Gasteiger partial charge is 0.410 e. The van der Waals surface area contributed by atoms with Crippen molar-refractivity contribution in [3.8, 4) is 0 Å². The molecular formula is C27H37NO3Si. The van der Waals surface area contributed by atoms with Crippen LogP contribution in [0.2, 0.25) is 5.04 Å². The molecule has 172 valence electrons. The number of fused-ring (bicyclic) bond motifs is 1. The fourth-order valence-corrected chi connectivity index (χ4v) is 9.89. The van der Waals surface area contributed by atoms with Gasteiger partial charge < -0.3 is 9.16 Å². The predicted molar refractivity (Wildman–Crippen MR) is 132 cm³/mol. The molecule has 1 heterocycles. The molecular weight excluding hydrogens is 414 g/mol. The Labute approximate surface area is 194 Å². The van der Waals surface area contributed by atoms with Crippen LogP contribution in [0, 0.1) is 5.92 Å². The number of ether oxygens (including phenoxy) is 1. The number of carbonyl (C=O) groups excluding carboxylic acids is 1. The third-order valence-electron chi connectivity index (χ3n) is 6.72. The van der Waals surface area contributed by atoms with E-state index in [0.29, 0.717) is 18.6 Å². The molecule has 0 N–H and O–H groups in total. The molecule has 1 aliphatic carbocycles. The van der Waals surface area contributed by atoms with Gasteiger partial charge in [-0.05, 0) is 54.9 Å². The van der Waals surface area contributed by atoms with Crippen LogP contribution >= 0.6 is 0 Å². The molecule has 1 saturated carbocycles. The Hall–Kier alpha value is -2.11. The van der Waals surface area contributed by atoms with Gasteiger partial charge >= 0.3 is 6.09 Å². The van der Waals surface area contributed by atoms with Gasteiger partial charge in [-0.2, -0.15) is 0 Å². The third kappa shape index (κ3) is 4.37. The van der Waals surface area contributed by atoms with Gasteiger partial charge in [0.2, 0.25) is 0 Å². The van der Waals surface area contributed by atoms with Gasteiger partial charge in [0.25, 0.3) is 8.32 Å². The number of rotatable bonds is 5. The number of benzene rings is 2. The zero-order valence-electron chi connectivity index (χ0n) is 20.3. The summed E-state index contributed by atoms with van der Waals surface area (Å²) < 4.78 is 12.9. The fourth-order valence-electron chi connectivity index (χ4n) is 5.29. The molecule has 4 rings (SSSR count). The summed E-state index contributed by atoms with van der Waals surface area (Å²) in [7, 11) is -2.61. The molecule has 0 radical (unpaired) electrons. The van der Waals surface area contributed by atoms with Gasteiger partial charge in [-0.15, -0.1) is 0 Å². The highest BCUT2D eigenvalue weighted by Gasteiger charge is 2.57.